The fourth-order valence-corrected chi connectivity index (χ4v) is 1.79. The van der Waals surface area contributed by atoms with Gasteiger partial charge in [0.1, 0.15) is 11.9 Å². The molecular weight excluding hydrogens is 246 g/mol. The Balaban J connectivity index is 2.23. The molecule has 0 spiro atoms. The number of hydrogen-bond acceptors (Lipinski definition) is 3. The molecule has 1 heterocycles. The van der Waals surface area contributed by atoms with Crippen molar-refractivity contribution in [1.29, 1.82) is 0 Å². The molecule has 0 fully saturated rings. The molecule has 0 bridgehead atoms. The van der Waals surface area contributed by atoms with Gasteiger partial charge in [-0.25, -0.2) is 0 Å². The minimum absolute atomic E-state index is 0.163. The molecule has 1 aliphatic rings. The van der Waals surface area contributed by atoms with Gasteiger partial charge in [0, 0.05) is 4.47 Å². The molecule has 2 atom stereocenters. The number of aliphatic hydroxyl groups excluding tert-OH is 1. The molecular formula is C10H12BrNO2. The smallest absolute Gasteiger partial charge is 0.143 e. The third kappa shape index (κ3) is 1.86. The molecule has 4 heteroatoms. The number of aliphatic hydroxyl groups is 1. The van der Waals surface area contributed by atoms with Crippen molar-refractivity contribution in [1.82, 2.24) is 0 Å². The Kier molecular flexibility index (Phi) is 2.65. The summed E-state index contributed by atoms with van der Waals surface area (Å²) in [6.07, 6.45) is -0.622. The number of nitrogens with one attached hydrogen (secondary N) is 1. The lowest BCUT2D eigenvalue weighted by Crippen LogP contribution is -2.39. The maximum atomic E-state index is 9.38. The Bertz CT molecular complexity index is 341. The van der Waals surface area contributed by atoms with E-state index < -0.39 is 6.10 Å². The third-order valence-corrected chi connectivity index (χ3v) is 2.74. The first-order valence-electron chi connectivity index (χ1n) is 4.55. The molecule has 0 unspecified atom stereocenters. The molecule has 1 aliphatic heterocycles. The summed E-state index contributed by atoms with van der Waals surface area (Å²) >= 11 is 3.39. The van der Waals surface area contributed by atoms with Crippen molar-refractivity contribution in [3.8, 4) is 5.75 Å². The van der Waals surface area contributed by atoms with Gasteiger partial charge in [-0.05, 0) is 25.1 Å². The maximum Gasteiger partial charge on any atom is 0.143 e. The second-order valence-corrected chi connectivity index (χ2v) is 4.33. The molecule has 0 radical (unpaired) electrons. The van der Waals surface area contributed by atoms with Gasteiger partial charge in [-0.3, -0.25) is 0 Å². The number of fused-ring (bicyclic) bond motifs is 1. The lowest BCUT2D eigenvalue weighted by atomic mass is 10.1. The fraction of sp³-hybridized carbons (Fsp3) is 0.400. The van der Waals surface area contributed by atoms with Gasteiger partial charge in [0.05, 0.1) is 18.3 Å². The highest BCUT2D eigenvalue weighted by atomic mass is 79.9. The normalized spacial score (nSPS) is 21.8. The van der Waals surface area contributed by atoms with Gasteiger partial charge in [-0.1, -0.05) is 15.9 Å². The van der Waals surface area contributed by atoms with E-state index in [1.165, 1.54) is 0 Å². The summed E-state index contributed by atoms with van der Waals surface area (Å²) in [5.74, 6) is 0.797. The van der Waals surface area contributed by atoms with Crippen molar-refractivity contribution in [3.63, 3.8) is 0 Å². The van der Waals surface area contributed by atoms with Crippen LogP contribution in [0.4, 0.5) is 5.69 Å². The lowest BCUT2D eigenvalue weighted by Gasteiger charge is -2.29. The molecule has 14 heavy (non-hydrogen) atoms. The zero-order valence-corrected chi connectivity index (χ0v) is 9.41. The quantitative estimate of drug-likeness (QED) is 0.809. The van der Waals surface area contributed by atoms with Gasteiger partial charge in [0.2, 0.25) is 0 Å². The van der Waals surface area contributed by atoms with Crippen molar-refractivity contribution in [2.45, 2.75) is 19.1 Å². The molecule has 0 saturated carbocycles. The van der Waals surface area contributed by atoms with Gasteiger partial charge >= 0.3 is 0 Å². The van der Waals surface area contributed by atoms with E-state index >= 15 is 0 Å². The van der Waals surface area contributed by atoms with E-state index in [2.05, 4.69) is 21.2 Å². The first-order chi connectivity index (χ1) is 6.66. The van der Waals surface area contributed by atoms with Gasteiger partial charge < -0.3 is 15.2 Å². The zero-order valence-electron chi connectivity index (χ0n) is 7.83. The summed E-state index contributed by atoms with van der Waals surface area (Å²) in [6.45, 7) is 2.37. The molecule has 0 amide bonds. The summed E-state index contributed by atoms with van der Waals surface area (Å²) in [5.41, 5.74) is 0.969. The molecule has 3 nitrogen and oxygen atoms in total. The fourth-order valence-electron chi connectivity index (χ4n) is 1.43. The van der Waals surface area contributed by atoms with Crippen molar-refractivity contribution in [3.05, 3.63) is 22.7 Å². The Labute approximate surface area is 91.2 Å². The van der Waals surface area contributed by atoms with Crippen LogP contribution >= 0.6 is 15.9 Å². The Morgan fingerprint density at radius 1 is 1.64 bits per heavy atom. The lowest BCUT2D eigenvalue weighted by molar-refractivity contribution is 0.0530. The van der Waals surface area contributed by atoms with Crippen LogP contribution in [0.3, 0.4) is 0 Å². The Morgan fingerprint density at radius 3 is 3.14 bits per heavy atom. The topological polar surface area (TPSA) is 41.5 Å². The van der Waals surface area contributed by atoms with Gasteiger partial charge in [-0.2, -0.15) is 0 Å². The summed E-state index contributed by atoms with van der Waals surface area (Å²) in [5, 5.41) is 12.6. The first kappa shape index (κ1) is 9.80. The van der Waals surface area contributed by atoms with E-state index in [9.17, 15) is 5.11 Å². The van der Waals surface area contributed by atoms with Crippen LogP contribution in [-0.4, -0.2) is 23.9 Å². The Hall–Kier alpha value is -0.740. The van der Waals surface area contributed by atoms with Crippen LogP contribution in [0.1, 0.15) is 6.92 Å². The highest BCUT2D eigenvalue weighted by molar-refractivity contribution is 9.10. The Morgan fingerprint density at radius 2 is 2.43 bits per heavy atom. The standard InChI is InChI=1S/C10H12BrNO2/c1-6(13)10-5-12-8-4-7(11)2-3-9(8)14-10/h2-4,6,10,12-13H,5H2,1H3/t6-,10+/m0/s1. The van der Waals surface area contributed by atoms with Crippen molar-refractivity contribution in [2.75, 3.05) is 11.9 Å². The van der Waals surface area contributed by atoms with Crippen LogP contribution in [0.2, 0.25) is 0 Å². The molecule has 1 aromatic carbocycles. The monoisotopic (exact) mass is 257 g/mol. The largest absolute Gasteiger partial charge is 0.484 e. The second kappa shape index (κ2) is 3.79. The molecule has 1 aromatic rings. The maximum absolute atomic E-state index is 9.38. The average molecular weight is 258 g/mol. The first-order valence-corrected chi connectivity index (χ1v) is 5.34. The van der Waals surface area contributed by atoms with E-state index in [-0.39, 0.29) is 6.10 Å². The second-order valence-electron chi connectivity index (χ2n) is 3.42. The van der Waals surface area contributed by atoms with Crippen LogP contribution in [0.25, 0.3) is 0 Å². The summed E-state index contributed by atoms with van der Waals surface area (Å²) in [7, 11) is 0. The third-order valence-electron chi connectivity index (χ3n) is 2.25. The van der Waals surface area contributed by atoms with Crippen molar-refractivity contribution < 1.29 is 9.84 Å². The van der Waals surface area contributed by atoms with Crippen LogP contribution < -0.4 is 10.1 Å². The van der Waals surface area contributed by atoms with E-state index in [1.54, 1.807) is 6.92 Å². The summed E-state index contributed by atoms with van der Waals surface area (Å²) in [6, 6.07) is 5.78. The molecule has 0 aromatic heterocycles. The van der Waals surface area contributed by atoms with Gasteiger partial charge in [0.25, 0.3) is 0 Å². The molecule has 2 N–H and O–H groups in total. The molecule has 2 rings (SSSR count). The van der Waals surface area contributed by atoms with Crippen LogP contribution in [0, 0.1) is 0 Å². The van der Waals surface area contributed by atoms with Crippen molar-refractivity contribution in [2.24, 2.45) is 0 Å². The number of rotatable bonds is 1. The zero-order chi connectivity index (χ0) is 10.1. The van der Waals surface area contributed by atoms with E-state index in [1.807, 2.05) is 18.2 Å². The van der Waals surface area contributed by atoms with E-state index in [0.29, 0.717) is 6.54 Å². The van der Waals surface area contributed by atoms with Crippen LogP contribution in [0.5, 0.6) is 5.75 Å². The highest BCUT2D eigenvalue weighted by Crippen LogP contribution is 2.32. The average Bonchev–Trinajstić information content (AvgIpc) is 2.16. The number of hydrogen-bond donors (Lipinski definition) is 2. The number of benzene rings is 1. The predicted octanol–water partition coefficient (Wildman–Crippen LogP) is 2.00. The summed E-state index contributed by atoms with van der Waals surface area (Å²) < 4.78 is 6.63. The van der Waals surface area contributed by atoms with Crippen LogP contribution in [0.15, 0.2) is 22.7 Å². The SMILES string of the molecule is C[C@H](O)[C@H]1CNc2cc(Br)ccc2O1. The van der Waals surface area contributed by atoms with E-state index in [4.69, 9.17) is 4.74 Å². The highest BCUT2D eigenvalue weighted by Gasteiger charge is 2.22. The minimum Gasteiger partial charge on any atom is -0.484 e. The molecule has 0 saturated heterocycles. The number of ether oxygens (including phenoxy) is 1. The van der Waals surface area contributed by atoms with Gasteiger partial charge in [-0.15, -0.1) is 0 Å². The number of anilines is 1. The van der Waals surface area contributed by atoms with Gasteiger partial charge in [0.15, 0.2) is 0 Å². The molecule has 0 aliphatic carbocycles. The minimum atomic E-state index is -0.459. The summed E-state index contributed by atoms with van der Waals surface area (Å²) in [4.78, 5) is 0. The predicted molar refractivity (Wildman–Crippen MR) is 58.7 cm³/mol. The van der Waals surface area contributed by atoms with E-state index in [0.717, 1.165) is 15.9 Å². The number of halogens is 1. The van der Waals surface area contributed by atoms with Crippen molar-refractivity contribution >= 4 is 21.6 Å². The van der Waals surface area contributed by atoms with Crippen LogP contribution in [-0.2, 0) is 0 Å². The molecule has 76 valence electrons.